The van der Waals surface area contributed by atoms with Gasteiger partial charge in [-0.15, -0.1) is 11.3 Å². The zero-order valence-electron chi connectivity index (χ0n) is 17.7. The molecule has 0 radical (unpaired) electrons. The van der Waals surface area contributed by atoms with Crippen LogP contribution in [0.15, 0.2) is 64.5 Å². The van der Waals surface area contributed by atoms with E-state index in [1.807, 2.05) is 60.0 Å². The van der Waals surface area contributed by atoms with Crippen LogP contribution in [0.2, 0.25) is 0 Å². The fourth-order valence-corrected chi connectivity index (χ4v) is 4.79. The van der Waals surface area contributed by atoms with E-state index in [1.165, 1.54) is 11.3 Å². The van der Waals surface area contributed by atoms with Gasteiger partial charge in [-0.3, -0.25) is 0 Å². The Labute approximate surface area is 205 Å². The van der Waals surface area contributed by atoms with Gasteiger partial charge in [0.2, 0.25) is 0 Å². The zero-order chi connectivity index (χ0) is 23.7. The highest BCUT2D eigenvalue weighted by Crippen LogP contribution is 2.29. The van der Waals surface area contributed by atoms with Gasteiger partial charge in [0.15, 0.2) is 0 Å². The molecule has 1 atom stereocenters. The number of nitrogens with two attached hydrogens (primary N) is 1. The highest BCUT2D eigenvalue weighted by atomic mass is 79.9. The van der Waals surface area contributed by atoms with Gasteiger partial charge < -0.3 is 10.1 Å². The number of carbonyl (C=O) groups is 1. The third-order valence-corrected chi connectivity index (χ3v) is 6.69. The van der Waals surface area contributed by atoms with Gasteiger partial charge in [-0.25, -0.2) is 19.6 Å². The first-order valence-corrected chi connectivity index (χ1v) is 13.5. The molecule has 0 aliphatic heterocycles. The Hall–Kier alpha value is -2.31. The number of nitrogens with zero attached hydrogens (tertiary/aromatic N) is 1. The molecule has 1 aromatic heterocycles. The van der Waals surface area contributed by atoms with Gasteiger partial charge in [0.25, 0.3) is 10.2 Å². The minimum atomic E-state index is -3.71. The predicted molar refractivity (Wildman–Crippen MR) is 133 cm³/mol. The van der Waals surface area contributed by atoms with E-state index in [0.29, 0.717) is 19.3 Å². The summed E-state index contributed by atoms with van der Waals surface area (Å²) in [7, 11) is -3.71. The molecule has 11 heteroatoms. The summed E-state index contributed by atoms with van der Waals surface area (Å²) in [5, 5.41) is 10.6. The minimum Gasteiger partial charge on any atom is -0.445 e. The third kappa shape index (κ3) is 8.86. The highest BCUT2D eigenvalue weighted by molar-refractivity contribution is 9.10. The number of hydrogen-bond donors (Lipinski definition) is 3. The fourth-order valence-electron chi connectivity index (χ4n) is 3.09. The van der Waals surface area contributed by atoms with Crippen molar-refractivity contribution in [3.63, 3.8) is 0 Å². The van der Waals surface area contributed by atoms with Gasteiger partial charge in [0.1, 0.15) is 11.6 Å². The van der Waals surface area contributed by atoms with Crippen molar-refractivity contribution in [1.29, 1.82) is 0 Å². The van der Waals surface area contributed by atoms with E-state index in [0.717, 1.165) is 26.3 Å². The Morgan fingerprint density at radius 2 is 1.94 bits per heavy atom. The Balaban J connectivity index is 1.65. The number of hydrogen-bond acceptors (Lipinski definition) is 6. The number of alkyl carbamates (subject to hydrolysis) is 1. The largest absolute Gasteiger partial charge is 0.445 e. The molecule has 0 aliphatic carbocycles. The molecule has 0 aliphatic rings. The summed E-state index contributed by atoms with van der Waals surface area (Å²) in [4.78, 5) is 17.2. The first-order valence-electron chi connectivity index (χ1n) is 10.3. The molecule has 0 spiro atoms. The summed E-state index contributed by atoms with van der Waals surface area (Å²) in [5.41, 5.74) is 2.60. The van der Waals surface area contributed by atoms with Crippen LogP contribution in [0.4, 0.5) is 4.79 Å². The number of rotatable bonds is 11. The van der Waals surface area contributed by atoms with Crippen LogP contribution < -0.4 is 15.2 Å². The van der Waals surface area contributed by atoms with E-state index in [1.54, 1.807) is 0 Å². The van der Waals surface area contributed by atoms with Gasteiger partial charge in [-0.1, -0.05) is 58.4 Å². The summed E-state index contributed by atoms with van der Waals surface area (Å²) >= 11 is 4.96. The van der Waals surface area contributed by atoms with Crippen LogP contribution in [0.5, 0.6) is 0 Å². The lowest BCUT2D eigenvalue weighted by Crippen LogP contribution is -2.32. The predicted octanol–water partition coefficient (Wildman–Crippen LogP) is 4.50. The quantitative estimate of drug-likeness (QED) is 0.302. The average Bonchev–Trinajstić information content (AvgIpc) is 3.27. The molecule has 0 saturated carbocycles. The molecule has 1 heterocycles. The molecular weight excluding hydrogens is 528 g/mol. The second kappa shape index (κ2) is 12.2. The summed E-state index contributed by atoms with van der Waals surface area (Å²) in [5.74, 6) is 0. The molecule has 3 aromatic rings. The Morgan fingerprint density at radius 3 is 2.67 bits per heavy atom. The SMILES string of the molecule is NS(=O)(=O)NCCCC[C@H](NC(=O)OCc1ccccc1)c1csc(-c2cccc(Br)c2)n1. The number of carbonyl (C=O) groups excluding carboxylic acids is 1. The van der Waals surface area contributed by atoms with E-state index in [9.17, 15) is 13.2 Å². The summed E-state index contributed by atoms with van der Waals surface area (Å²) in [6.07, 6.45) is 1.24. The van der Waals surface area contributed by atoms with Crippen molar-refractivity contribution in [1.82, 2.24) is 15.0 Å². The van der Waals surface area contributed by atoms with Crippen molar-refractivity contribution < 1.29 is 17.9 Å². The Bertz CT molecular complexity index is 1160. The van der Waals surface area contributed by atoms with Crippen molar-refractivity contribution >= 4 is 43.6 Å². The van der Waals surface area contributed by atoms with Crippen molar-refractivity contribution in [3.8, 4) is 10.6 Å². The minimum absolute atomic E-state index is 0.165. The van der Waals surface area contributed by atoms with Gasteiger partial charge in [-0.05, 0) is 37.0 Å². The monoisotopic (exact) mass is 552 g/mol. The van der Waals surface area contributed by atoms with Gasteiger partial charge in [0.05, 0.1) is 11.7 Å². The number of ether oxygens (including phenoxy) is 1. The highest BCUT2D eigenvalue weighted by Gasteiger charge is 2.19. The molecule has 3 rings (SSSR count). The molecule has 0 unspecified atom stereocenters. The van der Waals surface area contributed by atoms with Crippen LogP contribution in [-0.4, -0.2) is 26.0 Å². The number of thiazole rings is 1. The van der Waals surface area contributed by atoms with Crippen molar-refractivity contribution in [2.24, 2.45) is 5.14 Å². The Kier molecular flexibility index (Phi) is 9.39. The molecule has 0 fully saturated rings. The van der Waals surface area contributed by atoms with Crippen LogP contribution in [0.25, 0.3) is 10.6 Å². The lowest BCUT2D eigenvalue weighted by atomic mass is 10.1. The second-order valence-electron chi connectivity index (χ2n) is 7.28. The molecule has 0 bridgehead atoms. The molecule has 33 heavy (non-hydrogen) atoms. The molecule has 1 amide bonds. The molecule has 8 nitrogen and oxygen atoms in total. The molecule has 0 saturated heterocycles. The number of amides is 1. The lowest BCUT2D eigenvalue weighted by molar-refractivity contribution is 0.134. The molecule has 4 N–H and O–H groups in total. The molecule has 2 aromatic carbocycles. The molecular formula is C22H25BrN4O4S2. The topological polar surface area (TPSA) is 123 Å². The van der Waals surface area contributed by atoms with E-state index >= 15 is 0 Å². The zero-order valence-corrected chi connectivity index (χ0v) is 21.0. The van der Waals surface area contributed by atoms with Gasteiger partial charge in [0, 0.05) is 22.0 Å². The number of benzene rings is 2. The normalized spacial score (nSPS) is 12.3. The van der Waals surface area contributed by atoms with E-state index in [4.69, 9.17) is 14.9 Å². The number of nitrogens with one attached hydrogen (secondary N) is 2. The maximum atomic E-state index is 12.5. The third-order valence-electron chi connectivity index (χ3n) is 4.68. The molecule has 176 valence electrons. The summed E-state index contributed by atoms with van der Waals surface area (Å²) in [6, 6.07) is 16.9. The first-order chi connectivity index (χ1) is 15.8. The van der Waals surface area contributed by atoms with E-state index in [2.05, 4.69) is 26.0 Å². The van der Waals surface area contributed by atoms with Crippen LogP contribution in [0.3, 0.4) is 0 Å². The van der Waals surface area contributed by atoms with E-state index in [-0.39, 0.29) is 19.2 Å². The van der Waals surface area contributed by atoms with Crippen molar-refractivity contribution in [2.75, 3.05) is 6.54 Å². The van der Waals surface area contributed by atoms with Gasteiger partial charge in [-0.2, -0.15) is 8.42 Å². The average molecular weight is 554 g/mol. The maximum Gasteiger partial charge on any atom is 0.408 e. The maximum absolute atomic E-state index is 12.5. The summed E-state index contributed by atoms with van der Waals surface area (Å²) in [6.45, 7) is 0.391. The van der Waals surface area contributed by atoms with Crippen LogP contribution in [-0.2, 0) is 21.6 Å². The van der Waals surface area contributed by atoms with Gasteiger partial charge >= 0.3 is 6.09 Å². The smallest absolute Gasteiger partial charge is 0.408 e. The van der Waals surface area contributed by atoms with Crippen molar-refractivity contribution in [3.05, 3.63) is 75.7 Å². The second-order valence-corrected chi connectivity index (χ2v) is 10.4. The number of unbranched alkanes of at least 4 members (excludes halogenated alkanes) is 1. The van der Waals surface area contributed by atoms with E-state index < -0.39 is 16.3 Å². The Morgan fingerprint density at radius 1 is 1.15 bits per heavy atom. The number of halogens is 1. The standard InChI is InChI=1S/C22H25BrN4O4S2/c23-18-10-6-9-17(13-18)21-26-20(15-32-21)19(11-4-5-12-25-33(24,29)30)27-22(28)31-14-16-7-2-1-3-8-16/h1-3,6-10,13,15,19,25H,4-5,11-12,14H2,(H,27,28)(H2,24,29,30)/t19-/m0/s1. The lowest BCUT2D eigenvalue weighted by Gasteiger charge is -2.17. The van der Waals surface area contributed by atoms with Crippen LogP contribution in [0, 0.1) is 0 Å². The van der Waals surface area contributed by atoms with Crippen molar-refractivity contribution in [2.45, 2.75) is 31.9 Å². The van der Waals surface area contributed by atoms with Crippen LogP contribution in [0.1, 0.15) is 36.6 Å². The fraction of sp³-hybridized carbons (Fsp3) is 0.273. The summed E-state index contributed by atoms with van der Waals surface area (Å²) < 4.78 is 30.6. The number of aromatic nitrogens is 1. The van der Waals surface area contributed by atoms with Crippen LogP contribution >= 0.6 is 27.3 Å². The first kappa shape index (κ1) is 25.3.